The predicted molar refractivity (Wildman–Crippen MR) is 487 cm³/mol. The second kappa shape index (κ2) is 42.2. The fraction of sp³-hybridized carbons (Fsp3) is 0.543. The van der Waals surface area contributed by atoms with Crippen molar-refractivity contribution in [2.24, 2.45) is 5.73 Å². The van der Waals surface area contributed by atoms with E-state index in [4.69, 9.17) is 38.8 Å². The Labute approximate surface area is 739 Å². The number of amides is 13. The Kier molecular flexibility index (Phi) is 32.4. The minimum Gasteiger partial charge on any atom is -0.448 e. The van der Waals surface area contributed by atoms with Crippen LogP contribution in [0.2, 0.25) is 0 Å². The normalized spacial score (nSPS) is 18.0. The minimum atomic E-state index is -3.20. The van der Waals surface area contributed by atoms with Crippen molar-refractivity contribution in [1.82, 2.24) is 52.3 Å². The number of primary amides is 1. The molecule has 0 saturated heterocycles. The first-order chi connectivity index (χ1) is 59.0. The third-order valence-electron chi connectivity index (χ3n) is 26.2. The first-order valence-electron chi connectivity index (χ1n) is 44.3. The Balaban J connectivity index is 1.08. The van der Waals surface area contributed by atoms with Gasteiger partial charge in [-0.3, -0.25) is 52.7 Å². The number of nitrogens with one attached hydrogen (secondary N) is 8. The Morgan fingerprint density at radius 3 is 1.10 bits per heavy atom. The molecule has 11 rings (SSSR count). The first-order valence-corrected chi connectivity index (χ1v) is 50.6. The van der Waals surface area contributed by atoms with E-state index in [9.17, 15) is 33.6 Å². The molecule has 8 atom stereocenters. The molecule has 668 valence electrons. The average molecular weight is 1780 g/mol. The van der Waals surface area contributed by atoms with Gasteiger partial charge in [0, 0.05) is 37.5 Å². The molecule has 6 aliphatic carbocycles. The number of nitrogens with zero attached hydrogens (tertiary/aromatic N) is 2. The number of fused-ring (bicyclic) bond motifs is 6. The summed E-state index contributed by atoms with van der Waals surface area (Å²) < 4.78 is 13.5. The highest BCUT2D eigenvalue weighted by Crippen LogP contribution is 2.66. The fourth-order valence-corrected chi connectivity index (χ4v) is 31.6. The molecule has 30 heteroatoms. The highest BCUT2D eigenvalue weighted by Gasteiger charge is 2.54. The van der Waals surface area contributed by atoms with Crippen molar-refractivity contribution in [2.45, 2.75) is 298 Å². The number of carbonyl (C=O) groups is 13. The predicted octanol–water partition coefficient (Wildman–Crippen LogP) is 12.1. The topological polar surface area (TPSA) is 369 Å². The summed E-state index contributed by atoms with van der Waals surface area (Å²) in [4.78, 5) is 199. The number of imide groups is 2. The van der Waals surface area contributed by atoms with Gasteiger partial charge in [0.05, 0.1) is 0 Å². The molecule has 0 aliphatic heterocycles. The number of hydrogen-bond donors (Lipinski definition) is 9. The van der Waals surface area contributed by atoms with Crippen LogP contribution in [0.5, 0.6) is 0 Å². The number of carbonyl (C=O) groups excluding carboxylic acids is 13. The Morgan fingerprint density at radius 2 is 0.726 bits per heavy atom. The molecule has 0 radical (unpaired) electrons. The molecule has 13 amide bonds. The first kappa shape index (κ1) is 95.2. The molecule has 0 aromatic heterocycles. The van der Waals surface area contributed by atoms with E-state index in [2.05, 4.69) is 42.5 Å². The van der Waals surface area contributed by atoms with Crippen LogP contribution in [-0.4, -0.2) is 195 Å². The molecule has 6 aliphatic rings. The van der Waals surface area contributed by atoms with Crippen molar-refractivity contribution in [3.63, 3.8) is 0 Å². The number of nitrogens with two attached hydrogens (primary N) is 1. The Bertz CT molecular complexity index is 4730. The number of rotatable bonds is 34. The van der Waals surface area contributed by atoms with Crippen LogP contribution >= 0.6 is 12.1 Å². The molecular formula is C94H125N11O15P2S2. The Hall–Kier alpha value is -9.49. The third kappa shape index (κ3) is 22.7. The van der Waals surface area contributed by atoms with E-state index < -0.39 is 167 Å². The quantitative estimate of drug-likeness (QED) is 0.0173. The van der Waals surface area contributed by atoms with E-state index in [1.165, 1.54) is 69.2 Å². The van der Waals surface area contributed by atoms with Gasteiger partial charge in [-0.05, 0) is 198 Å². The van der Waals surface area contributed by atoms with Crippen LogP contribution in [0.1, 0.15) is 237 Å². The zero-order valence-electron chi connectivity index (χ0n) is 73.2. The van der Waals surface area contributed by atoms with Crippen molar-refractivity contribution in [3.05, 3.63) is 155 Å². The van der Waals surface area contributed by atoms with Gasteiger partial charge in [-0.2, -0.15) is 0 Å². The summed E-state index contributed by atoms with van der Waals surface area (Å²) in [7, 11) is 0. The van der Waals surface area contributed by atoms with Crippen molar-refractivity contribution >= 4 is 113 Å². The molecular weight excluding hydrogens is 1650 g/mol. The smallest absolute Gasteiger partial charge is 0.417 e. The molecule has 0 spiro atoms. The van der Waals surface area contributed by atoms with Gasteiger partial charge in [0.15, 0.2) is 0 Å². The molecule has 4 fully saturated rings. The molecule has 10 N–H and O–H groups in total. The van der Waals surface area contributed by atoms with E-state index in [1.807, 2.05) is 97.1 Å². The lowest BCUT2D eigenvalue weighted by Gasteiger charge is -2.46. The van der Waals surface area contributed by atoms with Gasteiger partial charge in [-0.1, -0.05) is 228 Å². The monoisotopic (exact) mass is 1770 g/mol. The highest BCUT2D eigenvalue weighted by atomic mass is 32.4. The van der Waals surface area contributed by atoms with Gasteiger partial charge in [0.25, 0.3) is 11.8 Å². The fourth-order valence-electron chi connectivity index (χ4n) is 19.1. The molecule has 0 unspecified atom stereocenters. The summed E-state index contributed by atoms with van der Waals surface area (Å²) in [6.07, 6.45) is 12.3. The van der Waals surface area contributed by atoms with Crippen LogP contribution in [0, 0.1) is 0 Å². The van der Waals surface area contributed by atoms with Crippen LogP contribution in [0.25, 0.3) is 22.3 Å². The molecule has 26 nitrogen and oxygen atoms in total. The summed E-state index contributed by atoms with van der Waals surface area (Å²) in [5.41, 5.74) is 8.91. The molecule has 5 aromatic carbocycles. The lowest BCUT2D eigenvalue weighted by molar-refractivity contribution is -0.147. The molecule has 4 saturated carbocycles. The van der Waals surface area contributed by atoms with Crippen LogP contribution in [-0.2, 0) is 92.2 Å². The van der Waals surface area contributed by atoms with E-state index >= 15 is 28.8 Å². The summed E-state index contributed by atoms with van der Waals surface area (Å²) in [5, 5.41) is 21.5. The number of ether oxygens (including phenoxy) is 2. The molecule has 0 bridgehead atoms. The van der Waals surface area contributed by atoms with E-state index in [1.54, 1.807) is 30.3 Å². The van der Waals surface area contributed by atoms with Crippen molar-refractivity contribution in [1.29, 1.82) is 0 Å². The van der Waals surface area contributed by atoms with Crippen LogP contribution in [0.3, 0.4) is 0 Å². The summed E-state index contributed by atoms with van der Waals surface area (Å²) in [6.45, 7) is 13.0. The van der Waals surface area contributed by atoms with Crippen LogP contribution in [0.15, 0.2) is 127 Å². The van der Waals surface area contributed by atoms with Crippen molar-refractivity contribution in [3.8, 4) is 22.3 Å². The Morgan fingerprint density at radius 1 is 0.395 bits per heavy atom. The maximum absolute atomic E-state index is 18.4. The van der Waals surface area contributed by atoms with E-state index in [0.717, 1.165) is 126 Å². The van der Waals surface area contributed by atoms with Gasteiger partial charge in [0.2, 0.25) is 53.2 Å². The van der Waals surface area contributed by atoms with Crippen molar-refractivity contribution < 1.29 is 71.8 Å². The highest BCUT2D eigenvalue weighted by molar-refractivity contribution is 8.15. The summed E-state index contributed by atoms with van der Waals surface area (Å²) >= 11 is 14.8. The van der Waals surface area contributed by atoms with E-state index in [-0.39, 0.29) is 48.0 Å². The number of benzene rings is 5. The second-order valence-electron chi connectivity index (χ2n) is 36.0. The van der Waals surface area contributed by atoms with Gasteiger partial charge in [-0.25, -0.2) is 19.4 Å². The standard InChI is InChI=1S/C94H125N11O15P2S2/c1-57(81(95)107)99-89(115)93(7,8)103-84(110)60(4)97-86(112)79(55-121(123,64-36-18-12-19-37-64)65-38-20-13-21-39-65)104(91(117)119-53-76-72-48-30-26-44-68(72)69-45-27-31-49-73(69)76)88(114)80(56-122(124,66-40-22-14-23-41-66)67-42-24-15-25-43-67)105(92(118)120-54-77-74-50-32-28-46-70(74)71-47-29-33-51-75(71)77)87(113)61(5)98-85(111)78(52-63-34-16-11-17-35-63)101-82(108)58(2)100-90(116)94(9,10)102-83(109)59(3)96-62(6)106/h11,16-17,26-35,44-51,57-61,64-67,76-80H,12-15,18-25,36-43,52-56H2,1-10H3,(H2,95,107)(H,96,106)(H,97,112)(H,98,111)(H,99,115)(H,100,116)(H,101,108)(H,102,109)(H,103,110)/t57-,58-,59-,60-,61-,78-,79-,80-/m0/s1. The van der Waals surface area contributed by atoms with Gasteiger partial charge in [0.1, 0.15) is 72.6 Å². The van der Waals surface area contributed by atoms with Crippen LogP contribution in [0.4, 0.5) is 9.59 Å². The van der Waals surface area contributed by atoms with E-state index in [0.29, 0.717) is 61.8 Å². The van der Waals surface area contributed by atoms with Crippen LogP contribution < -0.4 is 48.3 Å². The second-order valence-corrected chi connectivity index (χ2v) is 47.1. The lowest BCUT2D eigenvalue weighted by atomic mass is 9.98. The minimum absolute atomic E-state index is 0.129. The van der Waals surface area contributed by atoms with Gasteiger partial charge in [-0.15, -0.1) is 0 Å². The molecule has 124 heavy (non-hydrogen) atoms. The SMILES string of the molecule is CC(=O)N[C@@H](C)C(=O)NC(C)(C)C(=O)N[C@@H](C)C(=O)N[C@@H](Cc1ccccc1)C(=O)N[C@@H](C)C(=O)N(C(=O)OCC1c2ccccc2-c2ccccc21)[C@@H](CP(=S)(C1CCCCC1)C1CCCCC1)C(=O)N(C(=O)OCC1c2ccccc2-c2ccccc21)[C@@H](CP(=S)(C1CCCCC1)C1CCCCC1)C(=O)N[C@@H](C)C(=O)NC(C)(C)C(=O)N[C@@H](C)C(N)=O. The zero-order valence-corrected chi connectivity index (χ0v) is 76.6. The maximum Gasteiger partial charge on any atom is 0.417 e. The summed E-state index contributed by atoms with van der Waals surface area (Å²) in [5.74, 6) is -10.9. The largest absolute Gasteiger partial charge is 0.448 e. The molecule has 5 aromatic rings. The number of hydrogen-bond acceptors (Lipinski definition) is 17. The average Bonchev–Trinajstić information content (AvgIpc) is 0.989. The van der Waals surface area contributed by atoms with Gasteiger partial charge < -0.3 is 57.7 Å². The van der Waals surface area contributed by atoms with Gasteiger partial charge >= 0.3 is 12.2 Å². The lowest BCUT2D eigenvalue weighted by Crippen LogP contribution is -2.65. The summed E-state index contributed by atoms with van der Waals surface area (Å²) in [6, 6.07) is 20.7. The van der Waals surface area contributed by atoms with Crippen molar-refractivity contribution in [2.75, 3.05) is 25.5 Å². The maximum atomic E-state index is 18.4. The zero-order chi connectivity index (χ0) is 89.5. The third-order valence-corrected chi connectivity index (χ3v) is 39.5. The molecule has 0 heterocycles.